The molecule has 0 aromatic carbocycles. The number of carboxylic acids is 1. The van der Waals surface area contributed by atoms with Crippen LogP contribution in [-0.4, -0.2) is 39.7 Å². The van der Waals surface area contributed by atoms with Crippen LogP contribution in [-0.2, 0) is 11.2 Å². The third-order valence-corrected chi connectivity index (χ3v) is 3.90. The lowest BCUT2D eigenvalue weighted by Crippen LogP contribution is -2.25. The van der Waals surface area contributed by atoms with Crippen LogP contribution < -0.4 is 5.32 Å². The molecule has 0 saturated carbocycles. The van der Waals surface area contributed by atoms with E-state index in [0.29, 0.717) is 18.0 Å². The van der Waals surface area contributed by atoms with Gasteiger partial charge in [0.25, 0.3) is 5.91 Å². The van der Waals surface area contributed by atoms with Gasteiger partial charge in [-0.15, -0.1) is 11.3 Å². The number of halogens is 3. The van der Waals surface area contributed by atoms with Crippen LogP contribution in [0.1, 0.15) is 33.2 Å². The van der Waals surface area contributed by atoms with E-state index in [9.17, 15) is 18.0 Å². The fourth-order valence-electron chi connectivity index (χ4n) is 1.62. The van der Waals surface area contributed by atoms with Crippen molar-refractivity contribution in [1.82, 2.24) is 15.3 Å². The third-order valence-electron chi connectivity index (χ3n) is 2.91. The molecule has 0 fully saturated rings. The molecule has 2 N–H and O–H groups in total. The largest absolute Gasteiger partial charge is 0.490 e. The van der Waals surface area contributed by atoms with Crippen LogP contribution in [0.4, 0.5) is 13.2 Å². The number of nitrogens with one attached hydrogen (secondary N) is 1. The Balaban J connectivity index is 0.000000381. The minimum absolute atomic E-state index is 0.203. The summed E-state index contributed by atoms with van der Waals surface area (Å²) in [4.78, 5) is 29.9. The van der Waals surface area contributed by atoms with Gasteiger partial charge in [0.15, 0.2) is 6.39 Å². The van der Waals surface area contributed by atoms with Crippen LogP contribution in [0.15, 0.2) is 16.3 Å². The number of aryl methyl sites for hydroxylation is 3. The van der Waals surface area contributed by atoms with Gasteiger partial charge in [0.05, 0.1) is 16.9 Å². The van der Waals surface area contributed by atoms with E-state index in [2.05, 4.69) is 15.3 Å². The van der Waals surface area contributed by atoms with E-state index in [0.717, 1.165) is 18.5 Å². The molecule has 25 heavy (non-hydrogen) atoms. The van der Waals surface area contributed by atoms with Crippen LogP contribution in [0.3, 0.4) is 0 Å². The van der Waals surface area contributed by atoms with Crippen molar-refractivity contribution in [2.24, 2.45) is 0 Å². The van der Waals surface area contributed by atoms with Crippen molar-refractivity contribution in [3.8, 4) is 0 Å². The van der Waals surface area contributed by atoms with Crippen molar-refractivity contribution in [2.75, 3.05) is 6.54 Å². The zero-order valence-corrected chi connectivity index (χ0v) is 14.2. The molecule has 2 aromatic heterocycles. The van der Waals surface area contributed by atoms with Crippen LogP contribution >= 0.6 is 11.3 Å². The molecule has 0 radical (unpaired) electrons. The Morgan fingerprint density at radius 3 is 2.36 bits per heavy atom. The number of carbonyl (C=O) groups is 2. The highest BCUT2D eigenvalue weighted by atomic mass is 32.1. The van der Waals surface area contributed by atoms with Gasteiger partial charge < -0.3 is 14.8 Å². The number of hydrogen-bond acceptors (Lipinski definition) is 6. The number of nitrogens with zero attached hydrogens (tertiary/aromatic N) is 2. The zero-order valence-electron chi connectivity index (χ0n) is 13.4. The Hall–Kier alpha value is -2.43. The summed E-state index contributed by atoms with van der Waals surface area (Å²) in [6.07, 6.45) is -1.97. The molecule has 138 valence electrons. The lowest BCUT2D eigenvalue weighted by Gasteiger charge is -2.03. The van der Waals surface area contributed by atoms with Gasteiger partial charge in [-0.3, -0.25) is 4.79 Å². The average Bonchev–Trinajstić information content (AvgIpc) is 3.12. The maximum absolute atomic E-state index is 11.7. The zero-order chi connectivity index (χ0) is 19.0. The Bertz CT molecular complexity index is 712. The number of aromatic nitrogens is 2. The van der Waals surface area contributed by atoms with E-state index in [1.165, 1.54) is 11.3 Å². The first-order valence-electron chi connectivity index (χ1n) is 7.00. The van der Waals surface area contributed by atoms with Gasteiger partial charge in [-0.1, -0.05) is 0 Å². The molecule has 2 heterocycles. The highest BCUT2D eigenvalue weighted by Crippen LogP contribution is 2.14. The number of thiazole rings is 1. The maximum Gasteiger partial charge on any atom is 0.490 e. The van der Waals surface area contributed by atoms with E-state index in [1.54, 1.807) is 18.3 Å². The predicted molar refractivity (Wildman–Crippen MR) is 82.4 cm³/mol. The van der Waals surface area contributed by atoms with Crippen molar-refractivity contribution in [2.45, 2.75) is 32.9 Å². The fraction of sp³-hybridized carbons (Fsp3) is 0.429. The van der Waals surface area contributed by atoms with Crippen LogP contribution in [0, 0.1) is 13.8 Å². The molecule has 0 atom stereocenters. The van der Waals surface area contributed by atoms with Gasteiger partial charge in [-0.2, -0.15) is 13.2 Å². The van der Waals surface area contributed by atoms with Crippen LogP contribution in [0.5, 0.6) is 0 Å². The second kappa shape index (κ2) is 9.16. The molecule has 0 aliphatic rings. The molecule has 7 nitrogen and oxygen atoms in total. The van der Waals surface area contributed by atoms with Gasteiger partial charge in [-0.05, 0) is 26.7 Å². The quantitative estimate of drug-likeness (QED) is 0.774. The smallest absolute Gasteiger partial charge is 0.475 e. The molecule has 2 rings (SSSR count). The summed E-state index contributed by atoms with van der Waals surface area (Å²) in [5.41, 5.74) is 3.55. The van der Waals surface area contributed by atoms with E-state index in [-0.39, 0.29) is 5.91 Å². The summed E-state index contributed by atoms with van der Waals surface area (Å²) >= 11 is 1.66. The molecule has 0 bridgehead atoms. The molecule has 0 unspecified atom stereocenters. The second-order valence-electron chi connectivity index (χ2n) is 4.79. The molecule has 1 amide bonds. The lowest BCUT2D eigenvalue weighted by molar-refractivity contribution is -0.192. The van der Waals surface area contributed by atoms with Crippen molar-refractivity contribution < 1.29 is 32.3 Å². The van der Waals surface area contributed by atoms with Gasteiger partial charge in [0.2, 0.25) is 5.76 Å². The van der Waals surface area contributed by atoms with Crippen LogP contribution in [0.25, 0.3) is 0 Å². The molecule has 2 aromatic rings. The summed E-state index contributed by atoms with van der Waals surface area (Å²) in [5, 5.41) is 9.94. The van der Waals surface area contributed by atoms with E-state index in [4.69, 9.17) is 14.3 Å². The Morgan fingerprint density at radius 1 is 1.28 bits per heavy atom. The SMILES string of the molecule is Cc1ncoc1C(=O)NCCCc1scnc1C.O=C(O)C(F)(F)F. The Labute approximate surface area is 144 Å². The number of carboxylic acid groups (broad SMARTS) is 1. The highest BCUT2D eigenvalue weighted by molar-refractivity contribution is 7.09. The minimum atomic E-state index is -5.08. The van der Waals surface area contributed by atoms with Gasteiger partial charge in [0.1, 0.15) is 0 Å². The second-order valence-corrected chi connectivity index (χ2v) is 5.73. The standard InChI is InChI=1S/C12H15N3O2S.C2HF3O2/c1-8-10(18-7-15-8)4-3-5-13-12(16)11-9(2)14-6-17-11;3-2(4,5)1(6)7/h6-7H,3-5H2,1-2H3,(H,13,16);(H,6,7). The third kappa shape index (κ3) is 6.91. The molecular weight excluding hydrogens is 363 g/mol. The first kappa shape index (κ1) is 20.6. The van der Waals surface area contributed by atoms with Crippen molar-refractivity contribution in [3.05, 3.63) is 33.9 Å². The summed E-state index contributed by atoms with van der Waals surface area (Å²) in [6.45, 7) is 4.37. The summed E-state index contributed by atoms with van der Waals surface area (Å²) in [7, 11) is 0. The van der Waals surface area contributed by atoms with Crippen molar-refractivity contribution in [3.63, 3.8) is 0 Å². The van der Waals surface area contributed by atoms with Crippen molar-refractivity contribution in [1.29, 1.82) is 0 Å². The molecule has 0 aliphatic heterocycles. The maximum atomic E-state index is 11.7. The monoisotopic (exact) mass is 379 g/mol. The number of rotatable bonds is 5. The number of aliphatic carboxylic acids is 1. The normalized spacial score (nSPS) is 10.8. The topological polar surface area (TPSA) is 105 Å². The average molecular weight is 379 g/mol. The molecule has 0 saturated heterocycles. The fourth-order valence-corrected chi connectivity index (χ4v) is 2.44. The van der Waals surface area contributed by atoms with Crippen molar-refractivity contribution >= 4 is 23.2 Å². The summed E-state index contributed by atoms with van der Waals surface area (Å²) < 4.78 is 36.8. The van der Waals surface area contributed by atoms with Gasteiger partial charge >= 0.3 is 12.1 Å². The molecular formula is C14H16F3N3O4S. The first-order chi connectivity index (χ1) is 11.6. The highest BCUT2D eigenvalue weighted by Gasteiger charge is 2.38. The van der Waals surface area contributed by atoms with Gasteiger partial charge in [-0.25, -0.2) is 14.8 Å². The summed E-state index contributed by atoms with van der Waals surface area (Å²) in [5.74, 6) is -2.66. The molecule has 0 aliphatic carbocycles. The Morgan fingerprint density at radius 2 is 1.92 bits per heavy atom. The molecule has 11 heteroatoms. The Kier molecular flexibility index (Phi) is 7.55. The minimum Gasteiger partial charge on any atom is -0.475 e. The number of oxazole rings is 1. The number of hydrogen-bond donors (Lipinski definition) is 2. The first-order valence-corrected chi connectivity index (χ1v) is 7.88. The van der Waals surface area contributed by atoms with E-state index < -0.39 is 12.1 Å². The van der Waals surface area contributed by atoms with E-state index in [1.807, 2.05) is 12.4 Å². The number of carbonyl (C=O) groups excluding carboxylic acids is 1. The summed E-state index contributed by atoms with van der Waals surface area (Å²) in [6, 6.07) is 0. The lowest BCUT2D eigenvalue weighted by atomic mass is 10.2. The van der Waals surface area contributed by atoms with Gasteiger partial charge in [0, 0.05) is 11.4 Å². The number of alkyl halides is 3. The number of amides is 1. The molecule has 0 spiro atoms. The predicted octanol–water partition coefficient (Wildman–Crippen LogP) is 2.74. The van der Waals surface area contributed by atoms with E-state index >= 15 is 0 Å². The van der Waals surface area contributed by atoms with Crippen LogP contribution in [0.2, 0.25) is 0 Å².